The van der Waals surface area contributed by atoms with Gasteiger partial charge in [0, 0.05) is 20.6 Å². The minimum atomic E-state index is -0.583. The number of carbonyl (C=O) groups excluding carboxylic acids is 2. The molecule has 0 aliphatic carbocycles. The van der Waals surface area contributed by atoms with Crippen LogP contribution in [0.4, 0.5) is 5.69 Å². The fourth-order valence-electron chi connectivity index (χ4n) is 3.70. The van der Waals surface area contributed by atoms with Crippen LogP contribution < -0.4 is 20.6 Å². The number of methoxy groups -OCH3 is 1. The second-order valence-electron chi connectivity index (χ2n) is 7.13. The maximum atomic E-state index is 12.8. The Morgan fingerprint density at radius 2 is 1.69 bits per heavy atom. The molecule has 1 fully saturated rings. The Kier molecular flexibility index (Phi) is 4.71. The number of hydrogen-bond acceptors (Lipinski definition) is 5. The molecule has 1 unspecified atom stereocenters. The zero-order chi connectivity index (χ0) is 20.7. The van der Waals surface area contributed by atoms with Crippen LogP contribution in [0, 0.1) is 0 Å². The Bertz CT molecular complexity index is 1160. The first kappa shape index (κ1) is 18.9. The van der Waals surface area contributed by atoms with E-state index in [2.05, 4.69) is 5.32 Å². The minimum absolute atomic E-state index is 0.0863. The van der Waals surface area contributed by atoms with Crippen LogP contribution in [0.1, 0.15) is 12.0 Å². The molecule has 0 bridgehead atoms. The smallest absolute Gasteiger partial charge is 0.328 e. The summed E-state index contributed by atoms with van der Waals surface area (Å²) in [5.74, 6) is 0.153. The second kappa shape index (κ2) is 7.21. The number of hydrogen-bond donors (Lipinski definition) is 1. The van der Waals surface area contributed by atoms with Gasteiger partial charge in [0.25, 0.3) is 5.91 Å². The molecule has 1 atom stereocenters. The van der Waals surface area contributed by atoms with Crippen LogP contribution in [0.25, 0.3) is 11.0 Å². The van der Waals surface area contributed by atoms with E-state index in [0.717, 1.165) is 16.6 Å². The average Bonchev–Trinajstić information content (AvgIpc) is 3.14. The van der Waals surface area contributed by atoms with Gasteiger partial charge in [-0.25, -0.2) is 9.69 Å². The van der Waals surface area contributed by atoms with Gasteiger partial charge in [0.05, 0.1) is 36.3 Å². The molecule has 1 N–H and O–H groups in total. The molecular formula is C21H22N4O4. The second-order valence-corrected chi connectivity index (χ2v) is 7.13. The van der Waals surface area contributed by atoms with Crippen molar-refractivity contribution in [1.82, 2.24) is 14.5 Å². The summed E-state index contributed by atoms with van der Waals surface area (Å²) in [6, 6.07) is 12.0. The molecule has 2 heterocycles. The first-order valence-electron chi connectivity index (χ1n) is 9.29. The zero-order valence-electron chi connectivity index (χ0n) is 16.5. The number of imide groups is 1. The van der Waals surface area contributed by atoms with E-state index in [1.807, 2.05) is 18.2 Å². The molecule has 29 heavy (non-hydrogen) atoms. The molecule has 0 saturated carbocycles. The summed E-state index contributed by atoms with van der Waals surface area (Å²) >= 11 is 0. The lowest BCUT2D eigenvalue weighted by Gasteiger charge is -2.16. The lowest BCUT2D eigenvalue weighted by Crippen LogP contribution is -2.38. The number of imidazole rings is 1. The van der Waals surface area contributed by atoms with E-state index in [9.17, 15) is 14.4 Å². The molecule has 8 nitrogen and oxygen atoms in total. The monoisotopic (exact) mass is 394 g/mol. The van der Waals surface area contributed by atoms with Gasteiger partial charge >= 0.3 is 5.69 Å². The summed E-state index contributed by atoms with van der Waals surface area (Å²) in [7, 11) is 5.03. The van der Waals surface area contributed by atoms with Gasteiger partial charge in [-0.2, -0.15) is 0 Å². The standard InChI is InChI=1S/C21H22N4O4/c1-23-17-9-4-13(10-18(17)24(2)21(23)28)12-22-16-11-19(26)25(20(16)27)14-5-7-15(29-3)8-6-14/h4-10,16,22H,11-12H2,1-3H3. The molecule has 1 aromatic heterocycles. The summed E-state index contributed by atoms with van der Waals surface area (Å²) in [6.45, 7) is 0.416. The van der Waals surface area contributed by atoms with Crippen molar-refractivity contribution >= 4 is 28.5 Å². The molecule has 2 aromatic carbocycles. The summed E-state index contributed by atoms with van der Waals surface area (Å²) in [5, 5.41) is 3.18. The number of aromatic nitrogens is 2. The van der Waals surface area contributed by atoms with Crippen molar-refractivity contribution in [3.8, 4) is 5.75 Å². The molecule has 1 aliphatic heterocycles. The van der Waals surface area contributed by atoms with E-state index in [4.69, 9.17) is 4.74 Å². The number of benzene rings is 2. The van der Waals surface area contributed by atoms with Crippen LogP contribution in [0.15, 0.2) is 47.3 Å². The molecule has 1 saturated heterocycles. The number of carbonyl (C=O) groups is 2. The highest BCUT2D eigenvalue weighted by Crippen LogP contribution is 2.25. The van der Waals surface area contributed by atoms with Gasteiger partial charge in [0.2, 0.25) is 5.91 Å². The zero-order valence-corrected chi connectivity index (χ0v) is 16.5. The number of nitrogens with zero attached hydrogens (tertiary/aromatic N) is 3. The molecule has 8 heteroatoms. The van der Waals surface area contributed by atoms with Crippen molar-refractivity contribution in [3.05, 3.63) is 58.5 Å². The normalized spacial score (nSPS) is 16.8. The average molecular weight is 394 g/mol. The Morgan fingerprint density at radius 1 is 1.00 bits per heavy atom. The van der Waals surface area contributed by atoms with Gasteiger partial charge < -0.3 is 10.1 Å². The van der Waals surface area contributed by atoms with Crippen molar-refractivity contribution < 1.29 is 14.3 Å². The van der Waals surface area contributed by atoms with Crippen molar-refractivity contribution in [1.29, 1.82) is 0 Å². The molecule has 2 amide bonds. The highest BCUT2D eigenvalue weighted by Gasteiger charge is 2.39. The summed E-state index contributed by atoms with van der Waals surface area (Å²) < 4.78 is 8.31. The summed E-state index contributed by atoms with van der Waals surface area (Å²) in [6.07, 6.45) is 0.108. The third-order valence-electron chi connectivity index (χ3n) is 5.37. The molecule has 150 valence electrons. The molecule has 4 rings (SSSR count). The van der Waals surface area contributed by atoms with Gasteiger partial charge in [-0.1, -0.05) is 6.07 Å². The largest absolute Gasteiger partial charge is 0.497 e. The Labute approximate surface area is 167 Å². The van der Waals surface area contributed by atoms with Crippen molar-refractivity contribution in [2.24, 2.45) is 14.1 Å². The SMILES string of the molecule is COc1ccc(N2C(=O)CC(NCc3ccc4c(c3)n(C)c(=O)n4C)C2=O)cc1. The van der Waals surface area contributed by atoms with E-state index in [1.54, 1.807) is 54.6 Å². The highest BCUT2D eigenvalue weighted by molar-refractivity contribution is 6.22. The van der Waals surface area contributed by atoms with E-state index in [0.29, 0.717) is 18.0 Å². The van der Waals surface area contributed by atoms with Crippen molar-refractivity contribution in [3.63, 3.8) is 0 Å². The molecular weight excluding hydrogens is 372 g/mol. The fourth-order valence-corrected chi connectivity index (χ4v) is 3.70. The van der Waals surface area contributed by atoms with Gasteiger partial charge in [-0.15, -0.1) is 0 Å². The Morgan fingerprint density at radius 3 is 2.38 bits per heavy atom. The van der Waals surface area contributed by atoms with E-state index < -0.39 is 6.04 Å². The number of anilines is 1. The Balaban J connectivity index is 1.49. The molecule has 0 radical (unpaired) electrons. The quantitative estimate of drug-likeness (QED) is 0.660. The van der Waals surface area contributed by atoms with Crippen LogP contribution >= 0.6 is 0 Å². The number of nitrogens with one attached hydrogen (secondary N) is 1. The number of aryl methyl sites for hydroxylation is 2. The number of fused-ring (bicyclic) bond motifs is 1. The van der Waals surface area contributed by atoms with Gasteiger partial charge in [-0.3, -0.25) is 18.7 Å². The predicted octanol–water partition coefficient (Wildman–Crippen LogP) is 1.31. The van der Waals surface area contributed by atoms with Gasteiger partial charge in [0.15, 0.2) is 0 Å². The summed E-state index contributed by atoms with van der Waals surface area (Å²) in [4.78, 5) is 38.5. The summed E-state index contributed by atoms with van der Waals surface area (Å²) in [5.41, 5.74) is 3.05. The first-order chi connectivity index (χ1) is 13.9. The number of rotatable bonds is 5. The number of amides is 2. The van der Waals surface area contributed by atoms with Crippen LogP contribution in [0.2, 0.25) is 0 Å². The molecule has 3 aromatic rings. The lowest BCUT2D eigenvalue weighted by atomic mass is 10.1. The Hall–Kier alpha value is -3.39. The minimum Gasteiger partial charge on any atom is -0.497 e. The lowest BCUT2D eigenvalue weighted by molar-refractivity contribution is -0.121. The number of ether oxygens (including phenoxy) is 1. The topological polar surface area (TPSA) is 85.6 Å². The van der Waals surface area contributed by atoms with Gasteiger partial charge in [-0.05, 0) is 42.0 Å². The van der Waals surface area contributed by atoms with Crippen LogP contribution in [-0.2, 0) is 30.2 Å². The van der Waals surface area contributed by atoms with E-state index in [1.165, 1.54) is 4.90 Å². The van der Waals surface area contributed by atoms with E-state index in [-0.39, 0.29) is 23.9 Å². The van der Waals surface area contributed by atoms with Crippen LogP contribution in [0.5, 0.6) is 5.75 Å². The molecule has 0 spiro atoms. The highest BCUT2D eigenvalue weighted by atomic mass is 16.5. The fraction of sp³-hybridized carbons (Fsp3) is 0.286. The maximum absolute atomic E-state index is 12.8. The third kappa shape index (κ3) is 3.21. The molecule has 1 aliphatic rings. The maximum Gasteiger partial charge on any atom is 0.328 e. The van der Waals surface area contributed by atoms with Gasteiger partial charge in [0.1, 0.15) is 5.75 Å². The van der Waals surface area contributed by atoms with E-state index >= 15 is 0 Å². The predicted molar refractivity (Wildman–Crippen MR) is 109 cm³/mol. The van der Waals surface area contributed by atoms with Crippen molar-refractivity contribution in [2.45, 2.75) is 19.0 Å². The van der Waals surface area contributed by atoms with Crippen molar-refractivity contribution in [2.75, 3.05) is 12.0 Å². The first-order valence-corrected chi connectivity index (χ1v) is 9.29. The van der Waals surface area contributed by atoms with Crippen LogP contribution in [-0.4, -0.2) is 34.1 Å². The third-order valence-corrected chi connectivity index (χ3v) is 5.37. The van der Waals surface area contributed by atoms with Crippen LogP contribution in [0.3, 0.4) is 0 Å².